The van der Waals surface area contributed by atoms with Gasteiger partial charge < -0.3 is 20.3 Å². The van der Waals surface area contributed by atoms with Crippen molar-refractivity contribution in [3.8, 4) is 11.8 Å². The molecule has 0 bridgehead atoms. The van der Waals surface area contributed by atoms with E-state index >= 15 is 0 Å². The quantitative estimate of drug-likeness (QED) is 0.369. The molecule has 0 heterocycles. The van der Waals surface area contributed by atoms with Gasteiger partial charge in [0.05, 0.1) is 14.5 Å². The maximum atomic E-state index is 12.4. The molecule has 0 atom stereocenters. The lowest BCUT2D eigenvalue weighted by Gasteiger charge is -2.10. The highest BCUT2D eigenvalue weighted by molar-refractivity contribution is 9.11. The second kappa shape index (κ2) is 9.86. The zero-order valence-corrected chi connectivity index (χ0v) is 17.7. The number of anilines is 1. The molecule has 3 N–H and O–H groups in total. The molecule has 0 saturated carbocycles. The molecule has 10 heteroatoms. The van der Waals surface area contributed by atoms with Crippen molar-refractivity contribution in [1.82, 2.24) is 0 Å². The van der Waals surface area contributed by atoms with Crippen molar-refractivity contribution in [2.75, 3.05) is 11.9 Å². The highest BCUT2D eigenvalue weighted by atomic mass is 79.9. The Kier molecular flexibility index (Phi) is 7.52. The molecule has 0 radical (unpaired) electrons. The Bertz CT molecular complexity index is 1040. The summed E-state index contributed by atoms with van der Waals surface area (Å²) in [4.78, 5) is 34.0. The standard InChI is InChI=1S/C19H12Br2N2O6/c20-14-5-10(6-15(21)17(14)29-9-16(24)25)4-12(8-22)18(26)23-13-3-1-2-11(7-13)19(27)28/h1-7H,9H2,(H,23,26)(H,24,25)(H,27,28)/b12-4-. The monoisotopic (exact) mass is 522 g/mol. The van der Waals surface area contributed by atoms with Crippen LogP contribution in [0.4, 0.5) is 5.69 Å². The van der Waals surface area contributed by atoms with E-state index in [1.54, 1.807) is 18.2 Å². The van der Waals surface area contributed by atoms with Crippen molar-refractivity contribution in [2.45, 2.75) is 0 Å². The van der Waals surface area contributed by atoms with Crippen LogP contribution in [0.25, 0.3) is 6.08 Å². The molecule has 0 aliphatic heterocycles. The lowest BCUT2D eigenvalue weighted by atomic mass is 10.1. The Hall–Kier alpha value is -3.16. The summed E-state index contributed by atoms with van der Waals surface area (Å²) in [7, 11) is 0. The number of amides is 1. The largest absolute Gasteiger partial charge is 0.480 e. The molecule has 0 fully saturated rings. The number of hydrogen-bond donors (Lipinski definition) is 3. The lowest BCUT2D eigenvalue weighted by Crippen LogP contribution is -2.14. The molecule has 0 aromatic heterocycles. The normalized spacial score (nSPS) is 10.7. The Morgan fingerprint density at radius 1 is 1.14 bits per heavy atom. The number of carboxylic acids is 2. The number of aromatic carboxylic acids is 1. The molecule has 1 amide bonds. The van der Waals surface area contributed by atoms with Crippen LogP contribution in [0, 0.1) is 11.3 Å². The van der Waals surface area contributed by atoms with Gasteiger partial charge in [0.1, 0.15) is 17.4 Å². The SMILES string of the molecule is N#C/C(=C/c1cc(Br)c(OCC(=O)O)c(Br)c1)C(=O)Nc1cccc(C(=O)O)c1. The zero-order chi connectivity index (χ0) is 21.6. The van der Waals surface area contributed by atoms with Gasteiger partial charge in [0.25, 0.3) is 5.91 Å². The zero-order valence-electron chi connectivity index (χ0n) is 14.5. The van der Waals surface area contributed by atoms with Crippen molar-refractivity contribution in [3.63, 3.8) is 0 Å². The minimum absolute atomic E-state index is 0.00454. The van der Waals surface area contributed by atoms with Gasteiger partial charge in [-0.3, -0.25) is 4.79 Å². The number of benzene rings is 2. The maximum absolute atomic E-state index is 12.4. The average Bonchev–Trinajstić information content (AvgIpc) is 2.65. The van der Waals surface area contributed by atoms with E-state index in [0.717, 1.165) is 0 Å². The lowest BCUT2D eigenvalue weighted by molar-refractivity contribution is -0.139. The van der Waals surface area contributed by atoms with Crippen LogP contribution in [0.2, 0.25) is 0 Å². The van der Waals surface area contributed by atoms with Crippen molar-refractivity contribution in [1.29, 1.82) is 5.26 Å². The predicted octanol–water partition coefficient (Wildman–Crippen LogP) is 3.92. The minimum Gasteiger partial charge on any atom is -0.480 e. The first-order valence-corrected chi connectivity index (χ1v) is 9.40. The van der Waals surface area contributed by atoms with Gasteiger partial charge in [0.2, 0.25) is 0 Å². The number of carboxylic acid groups (broad SMARTS) is 2. The summed E-state index contributed by atoms with van der Waals surface area (Å²) in [5.41, 5.74) is 0.479. The molecule has 0 unspecified atom stereocenters. The van der Waals surface area contributed by atoms with Crippen molar-refractivity contribution in [2.24, 2.45) is 0 Å². The van der Waals surface area contributed by atoms with Crippen molar-refractivity contribution >= 4 is 61.5 Å². The highest BCUT2D eigenvalue weighted by Gasteiger charge is 2.14. The summed E-state index contributed by atoms with van der Waals surface area (Å²) in [5.74, 6) is -2.73. The van der Waals surface area contributed by atoms with E-state index in [0.29, 0.717) is 14.5 Å². The van der Waals surface area contributed by atoms with E-state index in [1.165, 1.54) is 30.3 Å². The molecule has 8 nitrogen and oxygen atoms in total. The Morgan fingerprint density at radius 2 is 1.79 bits per heavy atom. The molecule has 0 spiro atoms. The summed E-state index contributed by atoms with van der Waals surface area (Å²) in [6, 6.07) is 10.5. The molecular weight excluding hydrogens is 512 g/mol. The van der Waals surface area contributed by atoms with Crippen LogP contribution in [0.5, 0.6) is 5.75 Å². The number of ether oxygens (including phenoxy) is 1. The van der Waals surface area contributed by atoms with Gasteiger partial charge in [-0.05, 0) is 73.8 Å². The molecule has 2 aromatic carbocycles. The summed E-state index contributed by atoms with van der Waals surface area (Å²) in [6.07, 6.45) is 1.33. The first-order valence-electron chi connectivity index (χ1n) is 7.81. The first-order chi connectivity index (χ1) is 13.7. The molecule has 2 rings (SSSR count). The third-order valence-electron chi connectivity index (χ3n) is 3.40. The summed E-state index contributed by atoms with van der Waals surface area (Å²) in [5, 5.41) is 29.5. The first kappa shape index (κ1) is 22.1. The number of aliphatic carboxylic acids is 1. The molecular formula is C19H12Br2N2O6. The van der Waals surface area contributed by atoms with E-state index in [4.69, 9.17) is 14.9 Å². The van der Waals surface area contributed by atoms with Crippen molar-refractivity contribution in [3.05, 3.63) is 62.0 Å². The Labute approximate surface area is 181 Å². The smallest absolute Gasteiger partial charge is 0.341 e. The Morgan fingerprint density at radius 3 is 2.34 bits per heavy atom. The van der Waals surface area contributed by atoms with Crippen LogP contribution in [0.3, 0.4) is 0 Å². The summed E-state index contributed by atoms with van der Waals surface area (Å²) >= 11 is 6.51. The van der Waals surface area contributed by atoms with Gasteiger partial charge in [-0.15, -0.1) is 0 Å². The molecule has 148 valence electrons. The molecule has 0 saturated heterocycles. The third-order valence-corrected chi connectivity index (χ3v) is 4.58. The Balaban J connectivity index is 2.26. The van der Waals surface area contributed by atoms with Gasteiger partial charge in [0, 0.05) is 5.69 Å². The number of rotatable bonds is 7. The van der Waals surface area contributed by atoms with Crippen LogP contribution in [-0.4, -0.2) is 34.7 Å². The predicted molar refractivity (Wildman–Crippen MR) is 111 cm³/mol. The number of hydrogen-bond acceptors (Lipinski definition) is 5. The van der Waals surface area contributed by atoms with Gasteiger partial charge in [-0.2, -0.15) is 5.26 Å². The van der Waals surface area contributed by atoms with E-state index in [9.17, 15) is 19.6 Å². The third kappa shape index (κ3) is 6.17. The molecule has 0 aliphatic carbocycles. The maximum Gasteiger partial charge on any atom is 0.341 e. The number of nitrogens with one attached hydrogen (secondary N) is 1. The second-order valence-corrected chi connectivity index (χ2v) is 7.21. The van der Waals surface area contributed by atoms with Crippen LogP contribution >= 0.6 is 31.9 Å². The summed E-state index contributed by atoms with van der Waals surface area (Å²) < 4.78 is 6.01. The van der Waals surface area contributed by atoms with Gasteiger partial charge >= 0.3 is 11.9 Å². The van der Waals surface area contributed by atoms with E-state index in [1.807, 2.05) is 0 Å². The van der Waals surface area contributed by atoms with Crippen molar-refractivity contribution < 1.29 is 29.3 Å². The van der Waals surface area contributed by atoms with E-state index in [-0.39, 0.29) is 22.6 Å². The molecule has 0 aliphatic rings. The van der Waals surface area contributed by atoms with Crippen LogP contribution in [0.1, 0.15) is 15.9 Å². The molecule has 2 aromatic rings. The number of nitrogens with zero attached hydrogens (tertiary/aromatic N) is 1. The van der Waals surface area contributed by atoms with Crippen LogP contribution in [0.15, 0.2) is 50.9 Å². The fraction of sp³-hybridized carbons (Fsp3) is 0.0526. The number of halogens is 2. The number of nitriles is 1. The summed E-state index contributed by atoms with van der Waals surface area (Å²) in [6.45, 7) is -0.534. The highest BCUT2D eigenvalue weighted by Crippen LogP contribution is 2.35. The minimum atomic E-state index is -1.14. The van der Waals surface area contributed by atoms with E-state index < -0.39 is 24.5 Å². The van der Waals surface area contributed by atoms with Crippen LogP contribution in [-0.2, 0) is 9.59 Å². The molecule has 29 heavy (non-hydrogen) atoms. The second-order valence-electron chi connectivity index (χ2n) is 5.51. The van der Waals surface area contributed by atoms with Gasteiger partial charge in [0.15, 0.2) is 6.61 Å². The fourth-order valence-electron chi connectivity index (χ4n) is 2.18. The van der Waals surface area contributed by atoms with Gasteiger partial charge in [-0.1, -0.05) is 6.07 Å². The topological polar surface area (TPSA) is 137 Å². The van der Waals surface area contributed by atoms with Crippen LogP contribution < -0.4 is 10.1 Å². The van der Waals surface area contributed by atoms with Gasteiger partial charge in [-0.25, -0.2) is 9.59 Å². The number of carbonyl (C=O) groups is 3. The fourth-order valence-corrected chi connectivity index (χ4v) is 3.63. The average molecular weight is 524 g/mol. The number of carbonyl (C=O) groups excluding carboxylic acids is 1. The van der Waals surface area contributed by atoms with E-state index in [2.05, 4.69) is 37.2 Å².